The summed E-state index contributed by atoms with van der Waals surface area (Å²) >= 11 is 2.98. The fraction of sp³-hybridized carbons (Fsp3) is 0.280. The second-order valence-corrected chi connectivity index (χ2v) is 10.2. The molecule has 2 aromatic heterocycles. The molecule has 2 heterocycles. The van der Waals surface area contributed by atoms with Gasteiger partial charge >= 0.3 is 0 Å². The van der Waals surface area contributed by atoms with E-state index in [1.165, 1.54) is 29.2 Å². The van der Waals surface area contributed by atoms with Gasteiger partial charge in [0.05, 0.1) is 17.7 Å². The summed E-state index contributed by atoms with van der Waals surface area (Å²) in [6, 6.07) is 14.3. The number of hydrogen-bond donors (Lipinski definition) is 1. The normalized spacial score (nSPS) is 11.2. The quantitative estimate of drug-likeness (QED) is 0.289. The molecule has 0 saturated carbocycles. The number of thioether (sulfide) groups is 1. The minimum atomic E-state index is -0.315. The molecule has 0 aliphatic heterocycles. The van der Waals surface area contributed by atoms with Crippen molar-refractivity contribution in [2.75, 3.05) is 5.32 Å². The predicted molar refractivity (Wildman–Crippen MR) is 135 cm³/mol. The standard InChI is InChI=1S/C25H26FN5OS2/c1-16(2)13-31-24(19-9-5-6-10-20(19)26)29-30-25(31)34-15-18-14-33-23(27-18)12-22(32)28-21-11-7-4-8-17(21)3/h4-11,14,16H,12-13,15H2,1-3H3,(H,28,32). The lowest BCUT2D eigenvalue weighted by Gasteiger charge is -2.12. The number of thiazole rings is 1. The fourth-order valence-corrected chi connectivity index (χ4v) is 5.19. The number of aryl methyl sites for hydroxylation is 1. The highest BCUT2D eigenvalue weighted by Crippen LogP contribution is 2.29. The van der Waals surface area contributed by atoms with Gasteiger partial charge in [-0.05, 0) is 36.6 Å². The molecule has 0 unspecified atom stereocenters. The van der Waals surface area contributed by atoms with E-state index in [0.29, 0.717) is 29.6 Å². The molecular formula is C25H26FN5OS2. The van der Waals surface area contributed by atoms with Crippen LogP contribution in [0.1, 0.15) is 30.1 Å². The molecule has 2 aromatic carbocycles. The maximum atomic E-state index is 14.4. The molecule has 4 aromatic rings. The van der Waals surface area contributed by atoms with E-state index in [2.05, 4.69) is 34.3 Å². The van der Waals surface area contributed by atoms with Crippen molar-refractivity contribution in [2.45, 2.75) is 44.6 Å². The molecule has 0 spiro atoms. The Balaban J connectivity index is 1.43. The van der Waals surface area contributed by atoms with Gasteiger partial charge in [-0.25, -0.2) is 9.37 Å². The van der Waals surface area contributed by atoms with Crippen molar-refractivity contribution in [3.63, 3.8) is 0 Å². The van der Waals surface area contributed by atoms with Gasteiger partial charge in [-0.2, -0.15) is 0 Å². The lowest BCUT2D eigenvalue weighted by Crippen LogP contribution is -2.15. The van der Waals surface area contributed by atoms with Crippen LogP contribution >= 0.6 is 23.1 Å². The third-order valence-corrected chi connectivity index (χ3v) is 6.96. The molecule has 6 nitrogen and oxygen atoms in total. The van der Waals surface area contributed by atoms with E-state index in [1.807, 2.05) is 41.1 Å². The zero-order chi connectivity index (χ0) is 24.1. The molecule has 1 amide bonds. The molecular weight excluding hydrogens is 469 g/mol. The van der Waals surface area contributed by atoms with E-state index >= 15 is 0 Å². The minimum Gasteiger partial charge on any atom is -0.325 e. The highest BCUT2D eigenvalue weighted by Gasteiger charge is 2.18. The molecule has 0 radical (unpaired) electrons. The maximum Gasteiger partial charge on any atom is 0.231 e. The van der Waals surface area contributed by atoms with Crippen LogP contribution in [0.5, 0.6) is 0 Å². The van der Waals surface area contributed by atoms with Crippen LogP contribution in [0.3, 0.4) is 0 Å². The fourth-order valence-electron chi connectivity index (χ4n) is 3.45. The third kappa shape index (κ3) is 5.90. The van der Waals surface area contributed by atoms with Crippen molar-refractivity contribution in [1.29, 1.82) is 0 Å². The van der Waals surface area contributed by atoms with E-state index in [1.54, 1.807) is 18.2 Å². The number of benzene rings is 2. The molecule has 0 saturated heterocycles. The predicted octanol–water partition coefficient (Wildman–Crippen LogP) is 5.98. The number of aromatic nitrogens is 4. The van der Waals surface area contributed by atoms with E-state index in [4.69, 9.17) is 0 Å². The molecule has 176 valence electrons. The largest absolute Gasteiger partial charge is 0.325 e. The van der Waals surface area contributed by atoms with Gasteiger partial charge in [0.25, 0.3) is 0 Å². The van der Waals surface area contributed by atoms with Gasteiger partial charge in [0.1, 0.15) is 10.8 Å². The zero-order valence-corrected chi connectivity index (χ0v) is 20.9. The number of carbonyl (C=O) groups excluding carboxylic acids is 1. The van der Waals surface area contributed by atoms with Gasteiger partial charge in [0.2, 0.25) is 5.91 Å². The van der Waals surface area contributed by atoms with Crippen LogP contribution in [0.2, 0.25) is 0 Å². The summed E-state index contributed by atoms with van der Waals surface area (Å²) in [7, 11) is 0. The van der Waals surface area contributed by atoms with Crippen molar-refractivity contribution in [1.82, 2.24) is 19.7 Å². The summed E-state index contributed by atoms with van der Waals surface area (Å²) in [5, 5.41) is 15.0. The Hall–Kier alpha value is -3.04. The maximum absolute atomic E-state index is 14.4. The summed E-state index contributed by atoms with van der Waals surface area (Å²) in [6.07, 6.45) is 0.227. The first kappa shape index (κ1) is 24.1. The molecule has 0 fully saturated rings. The Bertz CT molecular complexity index is 1280. The highest BCUT2D eigenvalue weighted by atomic mass is 32.2. The van der Waals surface area contributed by atoms with Crippen LogP contribution in [0.4, 0.5) is 10.1 Å². The van der Waals surface area contributed by atoms with Gasteiger partial charge in [-0.15, -0.1) is 21.5 Å². The number of anilines is 1. The Labute approximate surface area is 206 Å². The summed E-state index contributed by atoms with van der Waals surface area (Å²) in [5.41, 5.74) is 3.15. The lowest BCUT2D eigenvalue weighted by atomic mass is 10.2. The van der Waals surface area contributed by atoms with Gasteiger partial charge in [0.15, 0.2) is 11.0 Å². The average molecular weight is 496 g/mol. The van der Waals surface area contributed by atoms with Gasteiger partial charge in [0, 0.05) is 23.4 Å². The molecule has 0 aliphatic carbocycles. The molecule has 4 rings (SSSR count). The molecule has 9 heteroatoms. The zero-order valence-electron chi connectivity index (χ0n) is 19.3. The van der Waals surface area contributed by atoms with Crippen molar-refractivity contribution < 1.29 is 9.18 Å². The van der Waals surface area contributed by atoms with Crippen molar-refractivity contribution >= 4 is 34.7 Å². The number of para-hydroxylation sites is 1. The van der Waals surface area contributed by atoms with E-state index in [-0.39, 0.29) is 18.1 Å². The summed E-state index contributed by atoms with van der Waals surface area (Å²) in [5.74, 6) is 1.06. The summed E-state index contributed by atoms with van der Waals surface area (Å²) < 4.78 is 16.4. The SMILES string of the molecule is Cc1ccccc1NC(=O)Cc1nc(CSc2nnc(-c3ccccc3F)n2CC(C)C)cs1. The van der Waals surface area contributed by atoms with Gasteiger partial charge < -0.3 is 9.88 Å². The second kappa shape index (κ2) is 10.9. The number of rotatable bonds is 9. The first-order valence-electron chi connectivity index (χ1n) is 11.0. The van der Waals surface area contributed by atoms with E-state index < -0.39 is 0 Å². The Morgan fingerprint density at radius 1 is 1.15 bits per heavy atom. The molecule has 1 N–H and O–H groups in total. The Morgan fingerprint density at radius 2 is 1.91 bits per heavy atom. The Morgan fingerprint density at radius 3 is 2.68 bits per heavy atom. The van der Waals surface area contributed by atoms with Gasteiger partial charge in [-0.3, -0.25) is 4.79 Å². The van der Waals surface area contributed by atoms with Crippen molar-refractivity contribution in [3.8, 4) is 11.4 Å². The van der Waals surface area contributed by atoms with E-state index in [0.717, 1.165) is 27.1 Å². The molecule has 0 aliphatic rings. The molecule has 0 atom stereocenters. The van der Waals surface area contributed by atoms with Crippen LogP contribution in [0.25, 0.3) is 11.4 Å². The van der Waals surface area contributed by atoms with Crippen LogP contribution < -0.4 is 5.32 Å². The molecule has 0 bridgehead atoms. The number of nitrogens with one attached hydrogen (secondary N) is 1. The first-order valence-corrected chi connectivity index (χ1v) is 12.9. The highest BCUT2D eigenvalue weighted by molar-refractivity contribution is 7.98. The third-order valence-electron chi connectivity index (χ3n) is 5.06. The summed E-state index contributed by atoms with van der Waals surface area (Å²) in [4.78, 5) is 17.1. The average Bonchev–Trinajstić information content (AvgIpc) is 3.40. The van der Waals surface area contributed by atoms with Crippen molar-refractivity contribution in [2.24, 2.45) is 5.92 Å². The minimum absolute atomic E-state index is 0.0888. The van der Waals surface area contributed by atoms with Crippen LogP contribution in [0, 0.1) is 18.7 Å². The number of amides is 1. The monoisotopic (exact) mass is 495 g/mol. The van der Waals surface area contributed by atoms with Crippen molar-refractivity contribution in [3.05, 3.63) is 76.0 Å². The Kier molecular flexibility index (Phi) is 7.74. The smallest absolute Gasteiger partial charge is 0.231 e. The number of carbonyl (C=O) groups is 1. The number of nitrogens with zero attached hydrogens (tertiary/aromatic N) is 4. The topological polar surface area (TPSA) is 72.7 Å². The lowest BCUT2D eigenvalue weighted by molar-refractivity contribution is -0.115. The number of hydrogen-bond acceptors (Lipinski definition) is 6. The first-order chi connectivity index (χ1) is 16.4. The number of halogens is 1. The summed E-state index contributed by atoms with van der Waals surface area (Å²) in [6.45, 7) is 6.85. The second-order valence-electron chi connectivity index (χ2n) is 8.35. The van der Waals surface area contributed by atoms with E-state index in [9.17, 15) is 9.18 Å². The van der Waals surface area contributed by atoms with Crippen LogP contribution in [-0.2, 0) is 23.5 Å². The van der Waals surface area contributed by atoms with Crippen LogP contribution in [-0.4, -0.2) is 25.7 Å². The molecule has 34 heavy (non-hydrogen) atoms. The van der Waals surface area contributed by atoms with Crippen LogP contribution in [0.15, 0.2) is 59.1 Å². The van der Waals surface area contributed by atoms with Gasteiger partial charge in [-0.1, -0.05) is 55.9 Å².